The highest BCUT2D eigenvalue weighted by Crippen LogP contribution is 2.31. The molecule has 5 nitrogen and oxygen atoms in total. The zero-order chi connectivity index (χ0) is 25.6. The van der Waals surface area contributed by atoms with Gasteiger partial charge in [-0.3, -0.25) is 9.80 Å². The van der Waals surface area contributed by atoms with Gasteiger partial charge in [-0.2, -0.15) is 5.10 Å². The van der Waals surface area contributed by atoms with Gasteiger partial charge >= 0.3 is 0 Å². The van der Waals surface area contributed by atoms with Crippen LogP contribution in [0.1, 0.15) is 76.1 Å². The SMILES string of the molecule is CCC(CC)(NC(=O)C1=C(NC(CC(C)C)c2ccccc2F)N(C)N=CC1)c1ccc(C)cc1. The maximum Gasteiger partial charge on any atom is 0.251 e. The Hall–Kier alpha value is -3.15. The molecule has 6 heteroatoms. The number of aryl methyl sites for hydroxylation is 1. The fourth-order valence-corrected chi connectivity index (χ4v) is 4.72. The summed E-state index contributed by atoms with van der Waals surface area (Å²) in [6.07, 6.45) is 4.40. The highest BCUT2D eigenvalue weighted by atomic mass is 19.1. The van der Waals surface area contributed by atoms with Gasteiger partial charge in [-0.1, -0.05) is 75.7 Å². The molecule has 2 N–H and O–H groups in total. The Morgan fingerprint density at radius 3 is 2.37 bits per heavy atom. The molecule has 0 aliphatic carbocycles. The summed E-state index contributed by atoms with van der Waals surface area (Å²) >= 11 is 0. The Morgan fingerprint density at radius 1 is 1.11 bits per heavy atom. The van der Waals surface area contributed by atoms with Crippen LogP contribution in [0.4, 0.5) is 4.39 Å². The lowest BCUT2D eigenvalue weighted by molar-refractivity contribution is -0.119. The number of carbonyl (C=O) groups excluding carboxylic acids is 1. The minimum absolute atomic E-state index is 0.133. The molecular formula is C29H39FN4O. The first-order valence-corrected chi connectivity index (χ1v) is 12.6. The third-order valence-electron chi connectivity index (χ3n) is 6.90. The fourth-order valence-electron chi connectivity index (χ4n) is 4.72. The van der Waals surface area contributed by atoms with Crippen LogP contribution in [-0.4, -0.2) is 24.2 Å². The summed E-state index contributed by atoms with van der Waals surface area (Å²) in [6, 6.07) is 14.9. The third kappa shape index (κ3) is 6.11. The van der Waals surface area contributed by atoms with Crippen LogP contribution in [0.2, 0.25) is 0 Å². The Balaban J connectivity index is 1.97. The number of nitrogens with zero attached hydrogens (tertiary/aromatic N) is 2. The van der Waals surface area contributed by atoms with Crippen molar-refractivity contribution >= 4 is 12.1 Å². The average Bonchev–Trinajstić information content (AvgIpc) is 2.84. The Bertz CT molecular complexity index is 1070. The summed E-state index contributed by atoms with van der Waals surface area (Å²) in [6.45, 7) is 10.5. The predicted molar refractivity (Wildman–Crippen MR) is 141 cm³/mol. The first-order chi connectivity index (χ1) is 16.7. The monoisotopic (exact) mass is 478 g/mol. The number of carbonyl (C=O) groups is 1. The van der Waals surface area contributed by atoms with Gasteiger partial charge in [0.05, 0.1) is 17.2 Å². The van der Waals surface area contributed by atoms with Crippen LogP contribution in [0.3, 0.4) is 0 Å². The molecule has 0 bridgehead atoms. The molecule has 1 atom stereocenters. The van der Waals surface area contributed by atoms with Crippen LogP contribution in [0.15, 0.2) is 65.0 Å². The van der Waals surface area contributed by atoms with Crippen molar-refractivity contribution in [1.82, 2.24) is 15.6 Å². The number of halogens is 1. The van der Waals surface area contributed by atoms with Gasteiger partial charge in [0.25, 0.3) is 5.91 Å². The van der Waals surface area contributed by atoms with Gasteiger partial charge in [0.2, 0.25) is 0 Å². The number of hydrogen-bond acceptors (Lipinski definition) is 4. The molecule has 1 amide bonds. The van der Waals surface area contributed by atoms with Crippen molar-refractivity contribution in [2.45, 2.75) is 71.9 Å². The predicted octanol–water partition coefficient (Wildman–Crippen LogP) is 6.18. The van der Waals surface area contributed by atoms with Gasteiger partial charge in [0, 0.05) is 25.2 Å². The van der Waals surface area contributed by atoms with Crippen LogP contribution < -0.4 is 10.6 Å². The zero-order valence-electron chi connectivity index (χ0n) is 21.9. The molecule has 3 rings (SSSR count). The molecule has 1 unspecified atom stereocenters. The topological polar surface area (TPSA) is 56.7 Å². The van der Waals surface area contributed by atoms with Gasteiger partial charge in [0.1, 0.15) is 11.6 Å². The molecule has 0 fully saturated rings. The Kier molecular flexibility index (Phi) is 8.71. The van der Waals surface area contributed by atoms with E-state index in [1.807, 2.05) is 13.1 Å². The van der Waals surface area contributed by atoms with E-state index in [0.717, 1.165) is 18.4 Å². The van der Waals surface area contributed by atoms with E-state index >= 15 is 0 Å². The Morgan fingerprint density at radius 2 is 1.77 bits per heavy atom. The van der Waals surface area contributed by atoms with Crippen LogP contribution in [0.25, 0.3) is 0 Å². The first kappa shape index (κ1) is 26.5. The third-order valence-corrected chi connectivity index (χ3v) is 6.90. The van der Waals surface area contributed by atoms with E-state index in [0.29, 0.717) is 35.7 Å². The summed E-state index contributed by atoms with van der Waals surface area (Å²) in [5.41, 5.74) is 3.00. The minimum atomic E-state index is -0.473. The number of hydrogen-bond donors (Lipinski definition) is 2. The molecule has 35 heavy (non-hydrogen) atoms. The second kappa shape index (κ2) is 11.5. The lowest BCUT2D eigenvalue weighted by Gasteiger charge is -2.36. The smallest absolute Gasteiger partial charge is 0.251 e. The molecule has 0 saturated carbocycles. The number of amides is 1. The second-order valence-electron chi connectivity index (χ2n) is 9.81. The van der Waals surface area contributed by atoms with Crippen LogP contribution in [0, 0.1) is 18.7 Å². The van der Waals surface area contributed by atoms with Gasteiger partial charge < -0.3 is 10.6 Å². The number of nitrogens with one attached hydrogen (secondary N) is 2. The quantitative estimate of drug-likeness (QED) is 0.429. The molecule has 0 radical (unpaired) electrons. The van der Waals surface area contributed by atoms with Crippen molar-refractivity contribution in [3.63, 3.8) is 0 Å². The summed E-state index contributed by atoms with van der Waals surface area (Å²) in [4.78, 5) is 13.8. The summed E-state index contributed by atoms with van der Waals surface area (Å²) in [5.74, 6) is 0.557. The van der Waals surface area contributed by atoms with E-state index in [2.05, 4.69) is 74.6 Å². The molecule has 0 aromatic heterocycles. The van der Waals surface area contributed by atoms with Gasteiger partial charge in [-0.05, 0) is 43.7 Å². The normalized spacial score (nSPS) is 14.9. The zero-order valence-corrected chi connectivity index (χ0v) is 21.9. The molecule has 2 aromatic carbocycles. The van der Waals surface area contributed by atoms with Gasteiger partial charge in [0.15, 0.2) is 0 Å². The second-order valence-corrected chi connectivity index (χ2v) is 9.81. The molecule has 1 heterocycles. The first-order valence-electron chi connectivity index (χ1n) is 12.6. The van der Waals surface area contributed by atoms with Crippen LogP contribution in [0.5, 0.6) is 0 Å². The van der Waals surface area contributed by atoms with E-state index < -0.39 is 5.54 Å². The molecule has 1 aliphatic heterocycles. The average molecular weight is 479 g/mol. The molecular weight excluding hydrogens is 439 g/mol. The summed E-state index contributed by atoms with van der Waals surface area (Å²) < 4.78 is 14.7. The van der Waals surface area contributed by atoms with E-state index in [1.165, 1.54) is 11.6 Å². The highest BCUT2D eigenvalue weighted by molar-refractivity contribution is 5.98. The maximum atomic E-state index is 14.7. The van der Waals surface area contributed by atoms with Crippen molar-refractivity contribution in [1.29, 1.82) is 0 Å². The summed E-state index contributed by atoms with van der Waals surface area (Å²) in [5, 5.41) is 12.9. The van der Waals surface area contributed by atoms with Crippen LogP contribution in [-0.2, 0) is 10.3 Å². The number of benzene rings is 2. The van der Waals surface area contributed by atoms with Crippen molar-refractivity contribution in [3.05, 3.63) is 82.4 Å². The van der Waals surface area contributed by atoms with Crippen molar-refractivity contribution < 1.29 is 9.18 Å². The largest absolute Gasteiger partial charge is 0.363 e. The Labute approximate surface area is 209 Å². The van der Waals surface area contributed by atoms with E-state index in [1.54, 1.807) is 23.4 Å². The number of rotatable bonds is 10. The molecule has 0 spiro atoms. The maximum absolute atomic E-state index is 14.7. The van der Waals surface area contributed by atoms with E-state index in [9.17, 15) is 9.18 Å². The van der Waals surface area contributed by atoms with Gasteiger partial charge in [-0.25, -0.2) is 4.39 Å². The molecule has 0 saturated heterocycles. The fraction of sp³-hybridized carbons (Fsp3) is 0.448. The standard InChI is InChI=1S/C29H39FN4O/c1-7-29(8-2,22-15-13-21(5)14-16-22)33-28(35)24-17-18-31-34(6)27(24)32-26(19-20(3)4)23-11-9-10-12-25(23)30/h9-16,18,20,26,32H,7-8,17,19H2,1-6H3,(H,33,35). The van der Waals surface area contributed by atoms with Crippen molar-refractivity contribution in [2.24, 2.45) is 11.0 Å². The van der Waals surface area contributed by atoms with Crippen LogP contribution >= 0.6 is 0 Å². The molecule has 188 valence electrons. The lowest BCUT2D eigenvalue weighted by atomic mass is 9.84. The van der Waals surface area contributed by atoms with Crippen molar-refractivity contribution in [2.75, 3.05) is 7.05 Å². The van der Waals surface area contributed by atoms with Gasteiger partial charge in [-0.15, -0.1) is 0 Å². The lowest BCUT2D eigenvalue weighted by Crippen LogP contribution is -2.47. The highest BCUT2D eigenvalue weighted by Gasteiger charge is 2.33. The van der Waals surface area contributed by atoms with E-state index in [4.69, 9.17) is 0 Å². The summed E-state index contributed by atoms with van der Waals surface area (Å²) in [7, 11) is 1.81. The minimum Gasteiger partial charge on any atom is -0.363 e. The van der Waals surface area contributed by atoms with E-state index in [-0.39, 0.29) is 17.8 Å². The molecule has 2 aromatic rings. The number of hydrazone groups is 1. The van der Waals surface area contributed by atoms with Crippen molar-refractivity contribution in [3.8, 4) is 0 Å². The molecule has 1 aliphatic rings.